The zero-order valence-corrected chi connectivity index (χ0v) is 24.0. The molecule has 2 heterocycles. The summed E-state index contributed by atoms with van der Waals surface area (Å²) in [5.41, 5.74) is 7.82. The van der Waals surface area contributed by atoms with Gasteiger partial charge in [0.05, 0.1) is 29.2 Å². The highest BCUT2D eigenvalue weighted by Crippen LogP contribution is 2.28. The number of amides is 1. The average molecular weight is 576 g/mol. The number of nitrogens with two attached hydrogens (primary N) is 1. The highest BCUT2D eigenvalue weighted by atomic mass is 35.5. The molecule has 1 atom stereocenters. The molecule has 0 bridgehead atoms. The normalized spacial score (nSPS) is 14.7. The Kier molecular flexibility index (Phi) is 8.87. The van der Waals surface area contributed by atoms with Gasteiger partial charge in [-0.25, -0.2) is 4.98 Å². The summed E-state index contributed by atoms with van der Waals surface area (Å²) < 4.78 is 13.2. The Balaban J connectivity index is 1.40. The predicted octanol–water partition coefficient (Wildman–Crippen LogP) is 4.18. The van der Waals surface area contributed by atoms with E-state index in [2.05, 4.69) is 4.90 Å². The number of piperazine rings is 1. The van der Waals surface area contributed by atoms with Crippen molar-refractivity contribution in [3.63, 3.8) is 0 Å². The maximum Gasteiger partial charge on any atom is 0.266 e. The molecule has 9 nitrogen and oxygen atoms in total. The van der Waals surface area contributed by atoms with Crippen LogP contribution in [0.5, 0.6) is 11.5 Å². The molecule has 0 radical (unpaired) electrons. The van der Waals surface area contributed by atoms with E-state index in [1.165, 1.54) is 0 Å². The summed E-state index contributed by atoms with van der Waals surface area (Å²) in [6, 6.07) is 19.8. The summed E-state index contributed by atoms with van der Waals surface area (Å²) in [5.74, 6) is 1.74. The Morgan fingerprint density at radius 3 is 2.46 bits per heavy atom. The Labute approximate surface area is 244 Å². The SMILES string of the molecule is CCOc1ccccc1-n1c(C(C)N2CCN(C(=O)COc3ccc(Cl)cc3)CC2)nc2ccc(CN)cc2c1=O. The number of carbonyl (C=O) groups excluding carboxylic acids is 1. The van der Waals surface area contributed by atoms with Crippen LogP contribution < -0.4 is 20.8 Å². The van der Waals surface area contributed by atoms with Gasteiger partial charge in [-0.1, -0.05) is 29.8 Å². The van der Waals surface area contributed by atoms with Gasteiger partial charge in [-0.05, 0) is 67.9 Å². The quantitative estimate of drug-likeness (QED) is 0.319. The molecular weight excluding hydrogens is 542 g/mol. The van der Waals surface area contributed by atoms with E-state index in [-0.39, 0.29) is 24.1 Å². The summed E-state index contributed by atoms with van der Waals surface area (Å²) in [4.78, 5) is 35.9. The van der Waals surface area contributed by atoms with Crippen LogP contribution >= 0.6 is 11.6 Å². The molecule has 1 fully saturated rings. The number of carbonyl (C=O) groups is 1. The van der Waals surface area contributed by atoms with Crippen molar-refractivity contribution in [3.05, 3.63) is 93.5 Å². The van der Waals surface area contributed by atoms with Gasteiger partial charge in [0.2, 0.25) is 0 Å². The number of fused-ring (bicyclic) bond motifs is 1. The number of rotatable bonds is 9. The Hall–Kier alpha value is -3.92. The van der Waals surface area contributed by atoms with E-state index in [0.717, 1.165) is 5.56 Å². The first-order chi connectivity index (χ1) is 19.9. The number of nitrogens with zero attached hydrogens (tertiary/aromatic N) is 4. The molecule has 4 aromatic rings. The molecule has 3 aromatic carbocycles. The van der Waals surface area contributed by atoms with E-state index in [9.17, 15) is 9.59 Å². The van der Waals surface area contributed by atoms with Gasteiger partial charge in [-0.15, -0.1) is 0 Å². The third-order valence-corrected chi connectivity index (χ3v) is 7.62. The molecule has 1 aliphatic heterocycles. The van der Waals surface area contributed by atoms with Crippen LogP contribution in [0.2, 0.25) is 5.02 Å². The number of hydrogen-bond acceptors (Lipinski definition) is 7. The van der Waals surface area contributed by atoms with Crippen molar-refractivity contribution >= 4 is 28.4 Å². The van der Waals surface area contributed by atoms with Gasteiger partial charge in [-0.2, -0.15) is 0 Å². The molecule has 41 heavy (non-hydrogen) atoms. The fourth-order valence-electron chi connectivity index (χ4n) is 5.10. The van der Waals surface area contributed by atoms with Crippen molar-refractivity contribution in [2.75, 3.05) is 39.4 Å². The van der Waals surface area contributed by atoms with E-state index in [1.54, 1.807) is 33.7 Å². The predicted molar refractivity (Wildman–Crippen MR) is 160 cm³/mol. The Bertz CT molecular complexity index is 1580. The van der Waals surface area contributed by atoms with Crippen LogP contribution in [0.15, 0.2) is 71.5 Å². The van der Waals surface area contributed by atoms with Crippen LogP contribution in [0.1, 0.15) is 31.3 Å². The smallest absolute Gasteiger partial charge is 0.266 e. The van der Waals surface area contributed by atoms with E-state index in [4.69, 9.17) is 31.8 Å². The Morgan fingerprint density at radius 1 is 1.02 bits per heavy atom. The summed E-state index contributed by atoms with van der Waals surface area (Å²) in [5, 5.41) is 1.12. The summed E-state index contributed by atoms with van der Waals surface area (Å²) in [7, 11) is 0. The van der Waals surface area contributed by atoms with Gasteiger partial charge in [0.25, 0.3) is 11.5 Å². The lowest BCUT2D eigenvalue weighted by Gasteiger charge is -2.38. The summed E-state index contributed by atoms with van der Waals surface area (Å²) >= 11 is 5.93. The van der Waals surface area contributed by atoms with Crippen molar-refractivity contribution in [3.8, 4) is 17.2 Å². The van der Waals surface area contributed by atoms with Gasteiger partial charge >= 0.3 is 0 Å². The first kappa shape index (κ1) is 28.6. The number of hydrogen-bond donors (Lipinski definition) is 1. The third kappa shape index (κ3) is 6.22. The van der Waals surface area contributed by atoms with Crippen LogP contribution in [-0.4, -0.2) is 64.7 Å². The van der Waals surface area contributed by atoms with E-state index in [0.29, 0.717) is 78.3 Å². The van der Waals surface area contributed by atoms with Crippen molar-refractivity contribution in [1.29, 1.82) is 0 Å². The van der Waals surface area contributed by atoms with E-state index < -0.39 is 0 Å². The molecule has 1 aromatic heterocycles. The molecule has 214 valence electrons. The average Bonchev–Trinajstić information content (AvgIpc) is 3.01. The molecule has 1 unspecified atom stereocenters. The lowest BCUT2D eigenvalue weighted by Crippen LogP contribution is -2.51. The molecule has 2 N–H and O–H groups in total. The second-order valence-electron chi connectivity index (χ2n) is 9.90. The van der Waals surface area contributed by atoms with Crippen molar-refractivity contribution in [1.82, 2.24) is 19.4 Å². The maximum atomic E-state index is 14.0. The number of para-hydroxylation sites is 2. The number of benzene rings is 3. The molecule has 1 aliphatic rings. The standard InChI is InChI=1S/C31H34ClN5O4/c1-3-40-28-7-5-4-6-27(28)37-30(34-26-13-8-22(19-33)18-25(26)31(37)39)21(2)35-14-16-36(17-15-35)29(38)20-41-24-11-9-23(32)10-12-24/h4-13,18,21H,3,14-17,19-20,33H2,1-2H3. The molecular formula is C31H34ClN5O4. The monoisotopic (exact) mass is 575 g/mol. The second-order valence-corrected chi connectivity index (χ2v) is 10.3. The summed E-state index contributed by atoms with van der Waals surface area (Å²) in [6.07, 6.45) is 0. The number of ether oxygens (including phenoxy) is 2. The lowest BCUT2D eigenvalue weighted by atomic mass is 10.1. The van der Waals surface area contributed by atoms with Crippen molar-refractivity contribution in [2.24, 2.45) is 5.73 Å². The minimum atomic E-state index is -0.210. The number of aromatic nitrogens is 2. The Morgan fingerprint density at radius 2 is 1.76 bits per heavy atom. The first-order valence-corrected chi connectivity index (χ1v) is 14.2. The van der Waals surface area contributed by atoms with Crippen LogP contribution in [0.25, 0.3) is 16.6 Å². The minimum absolute atomic E-state index is 0.0397. The maximum absolute atomic E-state index is 14.0. The van der Waals surface area contributed by atoms with Crippen LogP contribution in [0, 0.1) is 0 Å². The highest BCUT2D eigenvalue weighted by molar-refractivity contribution is 6.30. The van der Waals surface area contributed by atoms with Crippen LogP contribution in [-0.2, 0) is 11.3 Å². The number of halogens is 1. The first-order valence-electron chi connectivity index (χ1n) is 13.8. The van der Waals surface area contributed by atoms with Crippen molar-refractivity contribution in [2.45, 2.75) is 26.4 Å². The molecule has 10 heteroatoms. The minimum Gasteiger partial charge on any atom is -0.492 e. The largest absolute Gasteiger partial charge is 0.492 e. The van der Waals surface area contributed by atoms with Gasteiger partial charge < -0.3 is 20.1 Å². The fraction of sp³-hybridized carbons (Fsp3) is 0.323. The second kappa shape index (κ2) is 12.7. The zero-order valence-electron chi connectivity index (χ0n) is 23.3. The molecule has 0 saturated carbocycles. The molecule has 5 rings (SSSR count). The van der Waals surface area contributed by atoms with Gasteiger partial charge in [0.15, 0.2) is 6.61 Å². The molecule has 0 aliphatic carbocycles. The zero-order chi connectivity index (χ0) is 28.9. The van der Waals surface area contributed by atoms with Crippen LogP contribution in [0.3, 0.4) is 0 Å². The van der Waals surface area contributed by atoms with Crippen LogP contribution in [0.4, 0.5) is 0 Å². The van der Waals surface area contributed by atoms with Crippen molar-refractivity contribution < 1.29 is 14.3 Å². The molecule has 1 saturated heterocycles. The highest BCUT2D eigenvalue weighted by Gasteiger charge is 2.29. The van der Waals surface area contributed by atoms with Gasteiger partial charge in [-0.3, -0.25) is 19.1 Å². The van der Waals surface area contributed by atoms with Gasteiger partial charge in [0, 0.05) is 37.7 Å². The van der Waals surface area contributed by atoms with E-state index in [1.807, 2.05) is 56.3 Å². The van der Waals surface area contributed by atoms with E-state index >= 15 is 0 Å². The third-order valence-electron chi connectivity index (χ3n) is 7.36. The molecule has 0 spiro atoms. The van der Waals surface area contributed by atoms with Gasteiger partial charge in [0.1, 0.15) is 17.3 Å². The fourth-order valence-corrected chi connectivity index (χ4v) is 5.22. The lowest BCUT2D eigenvalue weighted by molar-refractivity contribution is -0.135. The molecule has 1 amide bonds. The summed E-state index contributed by atoms with van der Waals surface area (Å²) in [6.45, 7) is 7.05. The topological polar surface area (TPSA) is 103 Å².